The predicted octanol–water partition coefficient (Wildman–Crippen LogP) is 2.00. The second kappa shape index (κ2) is 6.43. The number of fused-ring (bicyclic) bond motifs is 1. The normalized spacial score (nSPS) is 12.1. The second-order valence-electron chi connectivity index (χ2n) is 5.06. The lowest BCUT2D eigenvalue weighted by atomic mass is 10.1. The van der Waals surface area contributed by atoms with Crippen LogP contribution in [0.1, 0.15) is 36.7 Å². The number of hydrogen-bond donors (Lipinski definition) is 2. The van der Waals surface area contributed by atoms with Gasteiger partial charge >= 0.3 is 5.97 Å². The highest BCUT2D eigenvalue weighted by molar-refractivity contribution is 6.07. The molecule has 1 aromatic carbocycles. The summed E-state index contributed by atoms with van der Waals surface area (Å²) in [6.45, 7) is 2.90. The monoisotopic (exact) mass is 302 g/mol. The lowest BCUT2D eigenvalue weighted by molar-refractivity contribution is -0.138. The summed E-state index contributed by atoms with van der Waals surface area (Å²) >= 11 is 0. The first-order valence-corrected chi connectivity index (χ1v) is 7.05. The summed E-state index contributed by atoms with van der Waals surface area (Å²) < 4.78 is 1.74. The van der Waals surface area contributed by atoms with Gasteiger partial charge in [-0.05, 0) is 19.4 Å². The van der Waals surface area contributed by atoms with E-state index in [4.69, 9.17) is 5.11 Å². The molecule has 2 rings (SSSR count). The van der Waals surface area contributed by atoms with Gasteiger partial charge < -0.3 is 15.0 Å². The minimum absolute atomic E-state index is 0.0734. The maximum Gasteiger partial charge on any atom is 0.322 e. The number of carboxylic acid groups (broad SMARTS) is 1. The number of amides is 1. The summed E-state index contributed by atoms with van der Waals surface area (Å²) in [5.74, 6) is -1.54. The highest BCUT2D eigenvalue weighted by atomic mass is 16.4. The molecule has 1 amide bonds. The van der Waals surface area contributed by atoms with E-state index in [1.54, 1.807) is 10.8 Å². The summed E-state index contributed by atoms with van der Waals surface area (Å²) in [7, 11) is 0. The van der Waals surface area contributed by atoms with E-state index in [9.17, 15) is 14.4 Å². The first kappa shape index (κ1) is 15.8. The molecule has 0 aliphatic rings. The van der Waals surface area contributed by atoms with Crippen molar-refractivity contribution in [2.24, 2.45) is 0 Å². The van der Waals surface area contributed by atoms with Crippen molar-refractivity contribution < 1.29 is 19.5 Å². The Morgan fingerprint density at radius 1 is 1.27 bits per heavy atom. The van der Waals surface area contributed by atoms with Crippen LogP contribution in [0.5, 0.6) is 0 Å². The molecule has 0 spiro atoms. The molecule has 1 unspecified atom stereocenters. The van der Waals surface area contributed by atoms with Crippen molar-refractivity contribution in [3.8, 4) is 0 Å². The van der Waals surface area contributed by atoms with Crippen LogP contribution in [0.3, 0.4) is 0 Å². The molecule has 1 heterocycles. The molecule has 6 heteroatoms. The third-order valence-electron chi connectivity index (χ3n) is 3.56. The Morgan fingerprint density at radius 3 is 2.55 bits per heavy atom. The first-order chi connectivity index (χ1) is 10.5. The molecule has 0 fully saturated rings. The number of ketones is 1. The molecule has 1 aromatic heterocycles. The Morgan fingerprint density at radius 2 is 1.95 bits per heavy atom. The standard InChI is InChI=1S/C16H18N2O4/c1-3-13(16(22)17-8-15(20)21)18-9-12(10(2)19)11-6-4-5-7-14(11)18/h4-7,9,13H,3,8H2,1-2H3,(H,17,22)(H,20,21). The van der Waals surface area contributed by atoms with Gasteiger partial charge in [0, 0.05) is 22.7 Å². The molecule has 2 N–H and O–H groups in total. The summed E-state index contributed by atoms with van der Waals surface area (Å²) in [6, 6.07) is 6.80. The van der Waals surface area contributed by atoms with Gasteiger partial charge in [-0.2, -0.15) is 0 Å². The first-order valence-electron chi connectivity index (χ1n) is 7.05. The van der Waals surface area contributed by atoms with Crippen molar-refractivity contribution in [3.63, 3.8) is 0 Å². The van der Waals surface area contributed by atoms with Crippen LogP contribution in [0.15, 0.2) is 30.5 Å². The molecule has 1 atom stereocenters. The molecule has 0 aliphatic heterocycles. The van der Waals surface area contributed by atoms with Crippen molar-refractivity contribution in [1.82, 2.24) is 9.88 Å². The highest BCUT2D eigenvalue weighted by Gasteiger charge is 2.22. The van der Waals surface area contributed by atoms with E-state index in [0.717, 1.165) is 10.9 Å². The Hall–Kier alpha value is -2.63. The number of para-hydroxylation sites is 1. The van der Waals surface area contributed by atoms with E-state index in [1.165, 1.54) is 6.92 Å². The quantitative estimate of drug-likeness (QED) is 0.799. The molecular weight excluding hydrogens is 284 g/mol. The topological polar surface area (TPSA) is 88.4 Å². The van der Waals surface area contributed by atoms with Crippen LogP contribution < -0.4 is 5.32 Å². The maximum absolute atomic E-state index is 12.2. The molecule has 0 bridgehead atoms. The Labute approximate surface area is 127 Å². The molecule has 2 aromatic rings. The average molecular weight is 302 g/mol. The maximum atomic E-state index is 12.2. The lowest BCUT2D eigenvalue weighted by Crippen LogP contribution is -2.35. The molecule has 0 aliphatic carbocycles. The molecule has 0 radical (unpaired) electrons. The number of aliphatic carboxylic acids is 1. The van der Waals surface area contributed by atoms with Gasteiger partial charge in [-0.3, -0.25) is 14.4 Å². The number of hydrogen-bond acceptors (Lipinski definition) is 3. The fourth-order valence-electron chi connectivity index (χ4n) is 2.53. The van der Waals surface area contributed by atoms with Crippen LogP contribution in [-0.2, 0) is 9.59 Å². The van der Waals surface area contributed by atoms with E-state index in [1.807, 2.05) is 31.2 Å². The summed E-state index contributed by atoms with van der Waals surface area (Å²) in [6.07, 6.45) is 2.16. The number of carbonyl (C=O) groups is 3. The van der Waals surface area contributed by atoms with Crippen molar-refractivity contribution in [2.45, 2.75) is 26.3 Å². The third kappa shape index (κ3) is 3.00. The zero-order valence-corrected chi connectivity index (χ0v) is 12.5. The Bertz CT molecular complexity index is 733. The molecule has 6 nitrogen and oxygen atoms in total. The van der Waals surface area contributed by atoms with Crippen LogP contribution in [0, 0.1) is 0 Å². The Kier molecular flexibility index (Phi) is 4.60. The number of nitrogens with zero attached hydrogens (tertiary/aromatic N) is 1. The number of carboxylic acids is 1. The van der Waals surface area contributed by atoms with Crippen LogP contribution >= 0.6 is 0 Å². The van der Waals surface area contributed by atoms with E-state index < -0.39 is 18.6 Å². The molecule has 0 saturated heterocycles. The van der Waals surface area contributed by atoms with Gasteiger partial charge in [-0.1, -0.05) is 25.1 Å². The molecule has 116 valence electrons. The van der Waals surface area contributed by atoms with Crippen LogP contribution in [-0.4, -0.2) is 33.9 Å². The third-order valence-corrected chi connectivity index (χ3v) is 3.56. The largest absolute Gasteiger partial charge is 0.480 e. The van der Waals surface area contributed by atoms with E-state index in [-0.39, 0.29) is 11.7 Å². The van der Waals surface area contributed by atoms with Gasteiger partial charge in [-0.25, -0.2) is 0 Å². The summed E-state index contributed by atoms with van der Waals surface area (Å²) in [4.78, 5) is 34.6. The SMILES string of the molecule is CCC(C(=O)NCC(=O)O)n1cc(C(C)=O)c2ccccc21. The van der Waals surface area contributed by atoms with Gasteiger partial charge in [0.1, 0.15) is 12.6 Å². The van der Waals surface area contributed by atoms with E-state index in [2.05, 4.69) is 5.32 Å². The van der Waals surface area contributed by atoms with Gasteiger partial charge in [0.05, 0.1) is 0 Å². The number of aromatic nitrogens is 1. The second-order valence-corrected chi connectivity index (χ2v) is 5.06. The summed E-state index contributed by atoms with van der Waals surface area (Å²) in [5.41, 5.74) is 1.34. The van der Waals surface area contributed by atoms with Crippen molar-refractivity contribution >= 4 is 28.6 Å². The molecule has 0 saturated carbocycles. The van der Waals surface area contributed by atoms with Crippen molar-refractivity contribution in [2.75, 3.05) is 6.54 Å². The van der Waals surface area contributed by atoms with Crippen LogP contribution in [0.4, 0.5) is 0 Å². The van der Waals surface area contributed by atoms with Gasteiger partial charge in [0.25, 0.3) is 0 Å². The minimum atomic E-state index is -1.09. The van der Waals surface area contributed by atoms with Gasteiger partial charge in [0.2, 0.25) is 5.91 Å². The van der Waals surface area contributed by atoms with Crippen LogP contribution in [0.25, 0.3) is 10.9 Å². The van der Waals surface area contributed by atoms with Gasteiger partial charge in [0.15, 0.2) is 5.78 Å². The summed E-state index contributed by atoms with van der Waals surface area (Å²) in [5, 5.41) is 11.9. The minimum Gasteiger partial charge on any atom is -0.480 e. The van der Waals surface area contributed by atoms with E-state index >= 15 is 0 Å². The number of Topliss-reactive ketones (excluding diaryl/α,β-unsaturated/α-hetero) is 1. The lowest BCUT2D eigenvalue weighted by Gasteiger charge is -2.17. The van der Waals surface area contributed by atoms with Crippen molar-refractivity contribution in [1.29, 1.82) is 0 Å². The number of rotatable bonds is 6. The number of carbonyl (C=O) groups excluding carboxylic acids is 2. The zero-order chi connectivity index (χ0) is 16.3. The van der Waals surface area contributed by atoms with E-state index in [0.29, 0.717) is 12.0 Å². The van der Waals surface area contributed by atoms with Crippen LogP contribution in [0.2, 0.25) is 0 Å². The molecular formula is C16H18N2O4. The fraction of sp³-hybridized carbons (Fsp3) is 0.312. The Balaban J connectivity index is 2.45. The molecule has 22 heavy (non-hydrogen) atoms. The van der Waals surface area contributed by atoms with Gasteiger partial charge in [-0.15, -0.1) is 0 Å². The smallest absolute Gasteiger partial charge is 0.322 e. The number of nitrogens with one attached hydrogen (secondary N) is 1. The zero-order valence-electron chi connectivity index (χ0n) is 12.5. The van der Waals surface area contributed by atoms with Crippen molar-refractivity contribution in [3.05, 3.63) is 36.0 Å². The highest BCUT2D eigenvalue weighted by Crippen LogP contribution is 2.26. The fourth-order valence-corrected chi connectivity index (χ4v) is 2.53. The predicted molar refractivity (Wildman–Crippen MR) is 81.9 cm³/mol. The average Bonchev–Trinajstić information content (AvgIpc) is 2.86. The number of benzene rings is 1.